The van der Waals surface area contributed by atoms with Gasteiger partial charge in [0.05, 0.1) is 18.8 Å². The average molecular weight is 706 g/mol. The Labute approximate surface area is 314 Å². The third-order valence-electron chi connectivity index (χ3n) is 10.8. The summed E-state index contributed by atoms with van der Waals surface area (Å²) in [5, 5.41) is 23.1. The maximum absolute atomic E-state index is 12.4. The fourth-order valence-corrected chi connectivity index (χ4v) is 7.24. The van der Waals surface area contributed by atoms with Crippen LogP contribution in [0.25, 0.3) is 0 Å². The Morgan fingerprint density at radius 2 is 0.760 bits per heavy atom. The van der Waals surface area contributed by atoms with E-state index in [0.717, 1.165) is 25.7 Å². The van der Waals surface area contributed by atoms with Gasteiger partial charge >= 0.3 is 0 Å². The topological polar surface area (TPSA) is 69.6 Å². The van der Waals surface area contributed by atoms with Crippen LogP contribution in [0.2, 0.25) is 0 Å². The number of nitrogens with one attached hydrogen (secondary N) is 1. The molecule has 298 valence electrons. The van der Waals surface area contributed by atoms with Crippen molar-refractivity contribution >= 4 is 5.91 Å². The van der Waals surface area contributed by atoms with E-state index < -0.39 is 12.1 Å². The van der Waals surface area contributed by atoms with Gasteiger partial charge in [-0.3, -0.25) is 4.79 Å². The summed E-state index contributed by atoms with van der Waals surface area (Å²) in [7, 11) is 0. The van der Waals surface area contributed by atoms with Gasteiger partial charge in [-0.1, -0.05) is 225 Å². The van der Waals surface area contributed by atoms with Crippen molar-refractivity contribution in [2.75, 3.05) is 6.61 Å². The molecule has 0 aliphatic rings. The Bertz CT molecular complexity index is 680. The van der Waals surface area contributed by atoms with Gasteiger partial charge in [0.25, 0.3) is 0 Å². The molecule has 3 N–H and O–H groups in total. The zero-order chi connectivity index (χ0) is 36.4. The van der Waals surface area contributed by atoms with E-state index >= 15 is 0 Å². The van der Waals surface area contributed by atoms with Crippen LogP contribution in [-0.2, 0) is 4.79 Å². The van der Waals surface area contributed by atoms with E-state index in [-0.39, 0.29) is 12.5 Å². The molecule has 0 aromatic heterocycles. The second-order valence-corrected chi connectivity index (χ2v) is 15.8. The summed E-state index contributed by atoms with van der Waals surface area (Å²) in [6.45, 7) is 4.36. The molecule has 0 radical (unpaired) electrons. The number of carbonyl (C=O) groups is 1. The lowest BCUT2D eigenvalue weighted by atomic mass is 10.0. The van der Waals surface area contributed by atoms with Gasteiger partial charge in [0.1, 0.15) is 0 Å². The molecule has 0 saturated carbocycles. The number of unbranched alkanes of at least 4 members (excludes halogenated alkanes) is 33. The molecule has 0 aromatic carbocycles. The molecule has 0 saturated heterocycles. The zero-order valence-corrected chi connectivity index (χ0v) is 34.2. The maximum atomic E-state index is 12.4. The first-order valence-electron chi connectivity index (χ1n) is 22.9. The van der Waals surface area contributed by atoms with Crippen molar-refractivity contribution in [3.05, 3.63) is 12.2 Å². The highest BCUT2D eigenvalue weighted by atomic mass is 16.3. The van der Waals surface area contributed by atoms with Crippen LogP contribution in [0.5, 0.6) is 0 Å². The number of hydrogen-bond acceptors (Lipinski definition) is 3. The first-order chi connectivity index (χ1) is 24.7. The van der Waals surface area contributed by atoms with E-state index in [2.05, 4.69) is 31.3 Å². The number of hydrogen-bond donors (Lipinski definition) is 3. The minimum Gasteiger partial charge on any atom is -0.394 e. The van der Waals surface area contributed by atoms with Crippen LogP contribution in [0.3, 0.4) is 0 Å². The van der Waals surface area contributed by atoms with Gasteiger partial charge in [0.15, 0.2) is 0 Å². The third kappa shape index (κ3) is 38.4. The summed E-state index contributed by atoms with van der Waals surface area (Å²) in [5.74, 6) is -0.0305. The lowest BCUT2D eigenvalue weighted by molar-refractivity contribution is -0.123. The summed E-state index contributed by atoms with van der Waals surface area (Å²) in [5.41, 5.74) is 0. The second kappa shape index (κ2) is 42.5. The molecule has 0 aliphatic carbocycles. The first-order valence-corrected chi connectivity index (χ1v) is 22.9. The van der Waals surface area contributed by atoms with E-state index in [1.54, 1.807) is 0 Å². The van der Waals surface area contributed by atoms with Crippen LogP contribution in [-0.4, -0.2) is 34.9 Å². The average Bonchev–Trinajstić information content (AvgIpc) is 3.12. The molecular weight excluding hydrogens is 615 g/mol. The first kappa shape index (κ1) is 49.1. The van der Waals surface area contributed by atoms with Gasteiger partial charge in [0, 0.05) is 6.42 Å². The predicted molar refractivity (Wildman–Crippen MR) is 221 cm³/mol. The normalized spacial score (nSPS) is 13.0. The summed E-state index contributed by atoms with van der Waals surface area (Å²) in [4.78, 5) is 12.4. The van der Waals surface area contributed by atoms with E-state index in [1.807, 2.05) is 0 Å². The van der Waals surface area contributed by atoms with E-state index in [9.17, 15) is 15.0 Å². The molecule has 0 aromatic rings. The molecule has 4 nitrogen and oxygen atoms in total. The summed E-state index contributed by atoms with van der Waals surface area (Å²) in [6.07, 6.45) is 53.1. The Hall–Kier alpha value is -0.870. The number of rotatable bonds is 42. The van der Waals surface area contributed by atoms with Crippen molar-refractivity contribution in [3.63, 3.8) is 0 Å². The van der Waals surface area contributed by atoms with Crippen LogP contribution in [0.1, 0.15) is 258 Å². The van der Waals surface area contributed by atoms with E-state index in [4.69, 9.17) is 0 Å². The monoisotopic (exact) mass is 706 g/mol. The third-order valence-corrected chi connectivity index (χ3v) is 10.8. The molecule has 0 rings (SSSR count). The van der Waals surface area contributed by atoms with Crippen molar-refractivity contribution in [2.45, 2.75) is 270 Å². The van der Waals surface area contributed by atoms with Gasteiger partial charge in [-0.05, 0) is 38.5 Å². The molecule has 0 fully saturated rings. The number of aliphatic hydroxyl groups is 2. The number of amides is 1. The predicted octanol–water partition coefficient (Wildman–Crippen LogP) is 14.2. The molecule has 50 heavy (non-hydrogen) atoms. The largest absolute Gasteiger partial charge is 0.394 e. The van der Waals surface area contributed by atoms with Crippen LogP contribution < -0.4 is 5.32 Å². The van der Waals surface area contributed by atoms with Crippen molar-refractivity contribution in [2.24, 2.45) is 0 Å². The maximum Gasteiger partial charge on any atom is 0.220 e. The van der Waals surface area contributed by atoms with Gasteiger partial charge in [0.2, 0.25) is 5.91 Å². The molecule has 0 heterocycles. The van der Waals surface area contributed by atoms with Crippen molar-refractivity contribution in [1.82, 2.24) is 5.32 Å². The molecule has 0 aliphatic heterocycles. The van der Waals surface area contributed by atoms with Gasteiger partial charge in [-0.2, -0.15) is 0 Å². The SMILES string of the molecule is CCCCCCCCCCCCCC/C=C\CCCCCCCCCCCCCCC(=O)NC(CO)C(O)CCCCCCCCCCCC. The summed E-state index contributed by atoms with van der Waals surface area (Å²) < 4.78 is 0. The highest BCUT2D eigenvalue weighted by molar-refractivity contribution is 5.76. The van der Waals surface area contributed by atoms with Crippen molar-refractivity contribution in [1.29, 1.82) is 0 Å². The molecule has 0 spiro atoms. The number of carbonyl (C=O) groups excluding carboxylic acids is 1. The van der Waals surface area contributed by atoms with Gasteiger partial charge < -0.3 is 15.5 Å². The Kier molecular flexibility index (Phi) is 41.8. The fraction of sp³-hybridized carbons (Fsp3) is 0.935. The second-order valence-electron chi connectivity index (χ2n) is 15.8. The van der Waals surface area contributed by atoms with E-state index in [1.165, 1.54) is 205 Å². The molecule has 2 atom stereocenters. The minimum atomic E-state index is -0.654. The van der Waals surface area contributed by atoms with Crippen LogP contribution >= 0.6 is 0 Å². The van der Waals surface area contributed by atoms with Crippen LogP contribution in [0.4, 0.5) is 0 Å². The Balaban J connectivity index is 3.41. The summed E-state index contributed by atoms with van der Waals surface area (Å²) >= 11 is 0. The number of aliphatic hydroxyl groups excluding tert-OH is 2. The van der Waals surface area contributed by atoms with Crippen molar-refractivity contribution in [3.8, 4) is 0 Å². The van der Waals surface area contributed by atoms with Crippen molar-refractivity contribution < 1.29 is 15.0 Å². The summed E-state index contributed by atoms with van der Waals surface area (Å²) in [6, 6.07) is -0.531. The minimum absolute atomic E-state index is 0.0305. The molecule has 4 heteroatoms. The quantitative estimate of drug-likeness (QED) is 0.0437. The molecule has 2 unspecified atom stereocenters. The van der Waals surface area contributed by atoms with Gasteiger partial charge in [-0.15, -0.1) is 0 Å². The zero-order valence-electron chi connectivity index (χ0n) is 34.2. The lowest BCUT2D eigenvalue weighted by Gasteiger charge is -2.22. The van der Waals surface area contributed by atoms with E-state index in [0.29, 0.717) is 12.8 Å². The van der Waals surface area contributed by atoms with Gasteiger partial charge in [-0.25, -0.2) is 0 Å². The highest BCUT2D eigenvalue weighted by Gasteiger charge is 2.20. The fourth-order valence-electron chi connectivity index (χ4n) is 7.24. The molecule has 1 amide bonds. The molecular formula is C46H91NO3. The highest BCUT2D eigenvalue weighted by Crippen LogP contribution is 2.16. The standard InChI is InChI=1S/C46H91NO3/c1-3-5-7-9-11-13-15-16-17-18-19-20-21-22-23-24-25-26-27-28-29-30-31-32-34-36-38-40-42-46(50)47-44(43-48)45(49)41-39-37-35-33-14-12-10-8-6-4-2/h22-23,44-45,48-49H,3-21,24-43H2,1-2H3,(H,47,50)/b23-22-. The molecule has 0 bridgehead atoms. The van der Waals surface area contributed by atoms with Crippen LogP contribution in [0.15, 0.2) is 12.2 Å². The number of allylic oxidation sites excluding steroid dienone is 2. The van der Waals surface area contributed by atoms with Crippen LogP contribution in [0, 0.1) is 0 Å². The Morgan fingerprint density at radius 1 is 0.460 bits per heavy atom. The lowest BCUT2D eigenvalue weighted by Crippen LogP contribution is -2.45. The smallest absolute Gasteiger partial charge is 0.220 e. The Morgan fingerprint density at radius 3 is 1.10 bits per heavy atom.